The Hall–Kier alpha value is -0.480. The monoisotopic (exact) mass is 198 g/mol. The van der Waals surface area contributed by atoms with Gasteiger partial charge in [-0.05, 0) is 6.42 Å². The van der Waals surface area contributed by atoms with Crippen LogP contribution in [-0.2, 0) is 6.42 Å². The van der Waals surface area contributed by atoms with Crippen LogP contribution in [0.2, 0.25) is 0 Å². The van der Waals surface area contributed by atoms with Crippen molar-refractivity contribution in [1.29, 1.82) is 0 Å². The Bertz CT molecular complexity index is 268. The topological polar surface area (TPSA) is 38.1 Å². The van der Waals surface area contributed by atoms with Crippen molar-refractivity contribution < 1.29 is 4.42 Å². The van der Waals surface area contributed by atoms with E-state index in [1.54, 1.807) is 6.26 Å². The van der Waals surface area contributed by atoms with E-state index >= 15 is 0 Å². The van der Waals surface area contributed by atoms with E-state index in [1.807, 2.05) is 11.8 Å². The molecule has 13 heavy (non-hydrogen) atoms. The molecular formula is C9H14N2OS. The molecule has 1 unspecified atom stereocenters. The third kappa shape index (κ3) is 2.06. The number of thioether (sulfide) groups is 1. The van der Waals surface area contributed by atoms with Gasteiger partial charge in [-0.2, -0.15) is 11.8 Å². The Balaban J connectivity index is 2.05. The molecule has 0 aromatic carbocycles. The largest absolute Gasteiger partial charge is 0.447 e. The van der Waals surface area contributed by atoms with Crippen molar-refractivity contribution in [3.05, 3.63) is 17.8 Å². The Morgan fingerprint density at radius 1 is 1.77 bits per heavy atom. The number of rotatable bonds is 2. The SMILES string of the molecule is CCc1coc(C2CSCCN2)n1. The van der Waals surface area contributed by atoms with Gasteiger partial charge in [0.05, 0.1) is 11.7 Å². The van der Waals surface area contributed by atoms with Gasteiger partial charge in [0.15, 0.2) is 0 Å². The first-order chi connectivity index (χ1) is 6.40. The van der Waals surface area contributed by atoms with E-state index in [9.17, 15) is 0 Å². The Morgan fingerprint density at radius 2 is 2.69 bits per heavy atom. The minimum Gasteiger partial charge on any atom is -0.447 e. The fraction of sp³-hybridized carbons (Fsp3) is 0.667. The highest BCUT2D eigenvalue weighted by molar-refractivity contribution is 7.99. The first-order valence-corrected chi connectivity index (χ1v) is 5.81. The van der Waals surface area contributed by atoms with Crippen molar-refractivity contribution in [3.8, 4) is 0 Å². The summed E-state index contributed by atoms with van der Waals surface area (Å²) in [5, 5.41) is 3.40. The summed E-state index contributed by atoms with van der Waals surface area (Å²) < 4.78 is 5.41. The molecule has 1 saturated heterocycles. The van der Waals surface area contributed by atoms with Crippen LogP contribution < -0.4 is 5.32 Å². The van der Waals surface area contributed by atoms with E-state index in [4.69, 9.17) is 4.42 Å². The Morgan fingerprint density at radius 3 is 3.31 bits per heavy atom. The molecule has 1 aliphatic rings. The molecule has 72 valence electrons. The zero-order valence-electron chi connectivity index (χ0n) is 7.75. The van der Waals surface area contributed by atoms with Crippen LogP contribution in [0.1, 0.15) is 24.6 Å². The highest BCUT2D eigenvalue weighted by Gasteiger charge is 2.19. The van der Waals surface area contributed by atoms with Crippen molar-refractivity contribution in [2.24, 2.45) is 0 Å². The third-order valence-corrected chi connectivity index (χ3v) is 3.21. The van der Waals surface area contributed by atoms with E-state index < -0.39 is 0 Å². The maximum atomic E-state index is 5.41. The van der Waals surface area contributed by atoms with Gasteiger partial charge in [-0.15, -0.1) is 0 Å². The van der Waals surface area contributed by atoms with Crippen molar-refractivity contribution in [1.82, 2.24) is 10.3 Å². The average Bonchev–Trinajstić information content (AvgIpc) is 2.67. The lowest BCUT2D eigenvalue weighted by atomic mass is 10.3. The lowest BCUT2D eigenvalue weighted by molar-refractivity contribution is 0.422. The smallest absolute Gasteiger partial charge is 0.212 e. The molecule has 0 saturated carbocycles. The predicted molar refractivity (Wildman–Crippen MR) is 53.9 cm³/mol. The van der Waals surface area contributed by atoms with E-state index in [1.165, 1.54) is 5.75 Å². The standard InChI is InChI=1S/C9H14N2OS/c1-2-7-5-12-9(11-7)8-6-13-4-3-10-8/h5,8,10H,2-4,6H2,1H3. The normalized spacial score (nSPS) is 23.3. The second kappa shape index (κ2) is 4.15. The molecule has 0 amide bonds. The summed E-state index contributed by atoms with van der Waals surface area (Å²) in [6.07, 6.45) is 2.71. The number of nitrogens with one attached hydrogen (secondary N) is 1. The predicted octanol–water partition coefficient (Wildman–Crippen LogP) is 1.61. The molecule has 2 rings (SSSR count). The molecule has 1 atom stereocenters. The van der Waals surface area contributed by atoms with E-state index in [-0.39, 0.29) is 0 Å². The average molecular weight is 198 g/mol. The fourth-order valence-electron chi connectivity index (χ4n) is 1.37. The highest BCUT2D eigenvalue weighted by atomic mass is 32.2. The van der Waals surface area contributed by atoms with Crippen molar-refractivity contribution >= 4 is 11.8 Å². The quantitative estimate of drug-likeness (QED) is 0.783. The molecule has 3 nitrogen and oxygen atoms in total. The molecule has 1 aromatic rings. The Kier molecular flexibility index (Phi) is 2.90. The molecular weight excluding hydrogens is 184 g/mol. The van der Waals surface area contributed by atoms with E-state index in [2.05, 4.69) is 17.2 Å². The van der Waals surface area contributed by atoms with Crippen LogP contribution in [0.15, 0.2) is 10.7 Å². The van der Waals surface area contributed by atoms with Crippen LogP contribution in [0.4, 0.5) is 0 Å². The van der Waals surface area contributed by atoms with Gasteiger partial charge in [0.25, 0.3) is 0 Å². The van der Waals surface area contributed by atoms with Crippen molar-refractivity contribution in [2.45, 2.75) is 19.4 Å². The maximum absolute atomic E-state index is 5.41. The lowest BCUT2D eigenvalue weighted by Gasteiger charge is -2.19. The zero-order chi connectivity index (χ0) is 9.10. The van der Waals surface area contributed by atoms with Gasteiger partial charge in [-0.1, -0.05) is 6.92 Å². The number of aryl methyl sites for hydroxylation is 1. The third-order valence-electron chi connectivity index (χ3n) is 2.15. The Labute approximate surface area is 82.3 Å². The van der Waals surface area contributed by atoms with Crippen LogP contribution in [0.25, 0.3) is 0 Å². The zero-order valence-corrected chi connectivity index (χ0v) is 8.56. The molecule has 1 N–H and O–H groups in total. The van der Waals surface area contributed by atoms with Gasteiger partial charge < -0.3 is 9.73 Å². The van der Waals surface area contributed by atoms with Crippen LogP contribution >= 0.6 is 11.8 Å². The molecule has 1 aromatic heterocycles. The molecule has 1 fully saturated rings. The molecule has 0 radical (unpaired) electrons. The molecule has 0 aliphatic carbocycles. The van der Waals surface area contributed by atoms with Gasteiger partial charge in [0.1, 0.15) is 6.26 Å². The number of nitrogens with zero attached hydrogens (tertiary/aromatic N) is 1. The van der Waals surface area contributed by atoms with E-state index in [0.717, 1.165) is 30.3 Å². The molecule has 1 aliphatic heterocycles. The number of aromatic nitrogens is 1. The van der Waals surface area contributed by atoms with Gasteiger partial charge in [-0.25, -0.2) is 4.98 Å². The first kappa shape index (κ1) is 9.09. The van der Waals surface area contributed by atoms with Gasteiger partial charge >= 0.3 is 0 Å². The minimum atomic E-state index is 0.319. The van der Waals surface area contributed by atoms with Gasteiger partial charge in [-0.3, -0.25) is 0 Å². The molecule has 2 heterocycles. The van der Waals surface area contributed by atoms with E-state index in [0.29, 0.717) is 6.04 Å². The van der Waals surface area contributed by atoms with Gasteiger partial charge in [0.2, 0.25) is 5.89 Å². The highest BCUT2D eigenvalue weighted by Crippen LogP contribution is 2.21. The molecule has 0 bridgehead atoms. The second-order valence-electron chi connectivity index (χ2n) is 3.11. The van der Waals surface area contributed by atoms with Crippen LogP contribution in [0.3, 0.4) is 0 Å². The summed E-state index contributed by atoms with van der Waals surface area (Å²) in [4.78, 5) is 4.41. The van der Waals surface area contributed by atoms with Crippen molar-refractivity contribution in [2.75, 3.05) is 18.1 Å². The van der Waals surface area contributed by atoms with Gasteiger partial charge in [0, 0.05) is 18.1 Å². The van der Waals surface area contributed by atoms with Crippen molar-refractivity contribution in [3.63, 3.8) is 0 Å². The van der Waals surface area contributed by atoms with Crippen LogP contribution in [0.5, 0.6) is 0 Å². The summed E-state index contributed by atoms with van der Waals surface area (Å²) in [6, 6.07) is 0.319. The summed E-state index contributed by atoms with van der Waals surface area (Å²) in [5.41, 5.74) is 1.05. The first-order valence-electron chi connectivity index (χ1n) is 4.65. The second-order valence-corrected chi connectivity index (χ2v) is 4.26. The number of hydrogen-bond donors (Lipinski definition) is 1. The van der Waals surface area contributed by atoms with Crippen LogP contribution in [-0.4, -0.2) is 23.0 Å². The number of oxazole rings is 1. The van der Waals surface area contributed by atoms with Crippen LogP contribution in [0, 0.1) is 0 Å². The number of hydrogen-bond acceptors (Lipinski definition) is 4. The molecule has 4 heteroatoms. The maximum Gasteiger partial charge on any atom is 0.212 e. The summed E-state index contributed by atoms with van der Waals surface area (Å²) in [6.45, 7) is 3.14. The summed E-state index contributed by atoms with van der Waals surface area (Å²) >= 11 is 1.95. The fourth-order valence-corrected chi connectivity index (χ4v) is 2.29. The summed E-state index contributed by atoms with van der Waals surface area (Å²) in [7, 11) is 0. The minimum absolute atomic E-state index is 0.319. The summed E-state index contributed by atoms with van der Waals surface area (Å²) in [5.74, 6) is 3.12. The lowest BCUT2D eigenvalue weighted by Crippen LogP contribution is -2.30. The molecule has 0 spiro atoms.